The largest absolute Gasteiger partial charge is 0.370 e. The van der Waals surface area contributed by atoms with Crippen molar-refractivity contribution in [1.82, 2.24) is 0 Å². The Morgan fingerprint density at radius 3 is 2.95 bits per heavy atom. The molecule has 0 N–H and O–H groups in total. The molecule has 2 rings (SSSR count). The first-order chi connectivity index (χ1) is 9.15. The second kappa shape index (κ2) is 5.88. The molecule has 0 amide bonds. The van der Waals surface area contributed by atoms with Crippen molar-refractivity contribution >= 4 is 11.5 Å². The van der Waals surface area contributed by atoms with Crippen LogP contribution in [-0.4, -0.2) is 18.9 Å². The Morgan fingerprint density at radius 1 is 1.53 bits per heavy atom. The summed E-state index contributed by atoms with van der Waals surface area (Å²) in [6.45, 7) is 5.75. The van der Waals surface area contributed by atoms with Gasteiger partial charge in [0, 0.05) is 18.7 Å². The second-order valence-electron chi connectivity index (χ2n) is 5.26. The highest BCUT2D eigenvalue weighted by Crippen LogP contribution is 2.28. The fourth-order valence-corrected chi connectivity index (χ4v) is 2.72. The SMILES string of the molecule is CCC1CCCN(c2cc(C(C)=O)ccc2C#N)C1. The van der Waals surface area contributed by atoms with E-state index >= 15 is 0 Å². The molecule has 19 heavy (non-hydrogen) atoms. The van der Waals surface area contributed by atoms with Crippen LogP contribution in [0, 0.1) is 17.2 Å². The van der Waals surface area contributed by atoms with E-state index in [1.54, 1.807) is 19.1 Å². The molecular formula is C16H20N2O. The number of piperidine rings is 1. The summed E-state index contributed by atoms with van der Waals surface area (Å²) in [6, 6.07) is 7.62. The van der Waals surface area contributed by atoms with Crippen LogP contribution in [-0.2, 0) is 0 Å². The zero-order valence-electron chi connectivity index (χ0n) is 11.6. The van der Waals surface area contributed by atoms with E-state index in [4.69, 9.17) is 0 Å². The van der Waals surface area contributed by atoms with Crippen molar-refractivity contribution in [3.8, 4) is 6.07 Å². The lowest BCUT2D eigenvalue weighted by molar-refractivity contribution is 0.101. The Morgan fingerprint density at radius 2 is 2.32 bits per heavy atom. The third-order valence-corrected chi connectivity index (χ3v) is 3.96. The summed E-state index contributed by atoms with van der Waals surface area (Å²) < 4.78 is 0. The number of benzene rings is 1. The summed E-state index contributed by atoms with van der Waals surface area (Å²) >= 11 is 0. The number of carbonyl (C=O) groups excluding carboxylic acids is 1. The number of anilines is 1. The predicted molar refractivity (Wildman–Crippen MR) is 76.4 cm³/mol. The summed E-state index contributed by atoms with van der Waals surface area (Å²) in [7, 11) is 0. The minimum absolute atomic E-state index is 0.0507. The van der Waals surface area contributed by atoms with Crippen molar-refractivity contribution in [2.45, 2.75) is 33.1 Å². The quantitative estimate of drug-likeness (QED) is 0.779. The van der Waals surface area contributed by atoms with Crippen molar-refractivity contribution in [2.75, 3.05) is 18.0 Å². The van der Waals surface area contributed by atoms with Gasteiger partial charge in [-0.05, 0) is 43.9 Å². The molecule has 1 aliphatic rings. The predicted octanol–water partition coefficient (Wildman–Crippen LogP) is 3.39. The van der Waals surface area contributed by atoms with Crippen LogP contribution in [0.1, 0.15) is 49.0 Å². The highest BCUT2D eigenvalue weighted by atomic mass is 16.1. The van der Waals surface area contributed by atoms with Gasteiger partial charge in [0.15, 0.2) is 5.78 Å². The Bertz CT molecular complexity index is 516. The van der Waals surface area contributed by atoms with E-state index in [-0.39, 0.29) is 5.78 Å². The molecule has 1 aliphatic heterocycles. The first kappa shape index (κ1) is 13.6. The Kier molecular flexibility index (Phi) is 4.21. The maximum absolute atomic E-state index is 11.5. The van der Waals surface area contributed by atoms with Crippen LogP contribution in [0.15, 0.2) is 18.2 Å². The number of nitriles is 1. The van der Waals surface area contributed by atoms with Gasteiger partial charge >= 0.3 is 0 Å². The molecule has 0 radical (unpaired) electrons. The molecule has 100 valence electrons. The number of ketones is 1. The van der Waals surface area contributed by atoms with Crippen LogP contribution in [0.4, 0.5) is 5.69 Å². The highest BCUT2D eigenvalue weighted by molar-refractivity contribution is 5.95. The molecule has 0 spiro atoms. The molecule has 1 heterocycles. The molecule has 1 aromatic rings. The summed E-state index contributed by atoms with van der Waals surface area (Å²) in [5.74, 6) is 0.746. The van der Waals surface area contributed by atoms with Crippen molar-refractivity contribution in [2.24, 2.45) is 5.92 Å². The van der Waals surface area contributed by atoms with Gasteiger partial charge in [0.25, 0.3) is 0 Å². The van der Waals surface area contributed by atoms with Gasteiger partial charge in [-0.1, -0.05) is 13.3 Å². The van der Waals surface area contributed by atoms with Gasteiger partial charge in [-0.15, -0.1) is 0 Å². The Labute approximate surface area is 114 Å². The Balaban J connectivity index is 2.34. The lowest BCUT2D eigenvalue weighted by atomic mass is 9.94. The smallest absolute Gasteiger partial charge is 0.159 e. The fraction of sp³-hybridized carbons (Fsp3) is 0.500. The van der Waals surface area contributed by atoms with Crippen LogP contribution in [0.2, 0.25) is 0 Å². The molecule has 0 saturated carbocycles. The van der Waals surface area contributed by atoms with Gasteiger partial charge in [-0.3, -0.25) is 4.79 Å². The standard InChI is InChI=1S/C16H20N2O/c1-3-13-5-4-8-18(11-13)16-9-14(12(2)19)6-7-15(16)10-17/h6-7,9,13H,3-5,8,11H2,1-2H3. The van der Waals surface area contributed by atoms with E-state index in [1.165, 1.54) is 12.8 Å². The maximum Gasteiger partial charge on any atom is 0.159 e. The van der Waals surface area contributed by atoms with Crippen LogP contribution >= 0.6 is 0 Å². The molecule has 1 aromatic carbocycles. The lowest BCUT2D eigenvalue weighted by Crippen LogP contribution is -2.35. The maximum atomic E-state index is 11.5. The van der Waals surface area contributed by atoms with Crippen LogP contribution in [0.25, 0.3) is 0 Å². The minimum atomic E-state index is 0.0507. The van der Waals surface area contributed by atoms with Crippen LogP contribution < -0.4 is 4.90 Å². The van der Waals surface area contributed by atoms with Gasteiger partial charge in [-0.2, -0.15) is 5.26 Å². The molecule has 1 unspecified atom stereocenters. The number of hydrogen-bond acceptors (Lipinski definition) is 3. The van der Waals surface area contributed by atoms with Crippen molar-refractivity contribution in [3.63, 3.8) is 0 Å². The third kappa shape index (κ3) is 2.96. The summed E-state index contributed by atoms with van der Waals surface area (Å²) in [4.78, 5) is 13.8. The summed E-state index contributed by atoms with van der Waals surface area (Å²) in [6.07, 6.45) is 3.60. The topological polar surface area (TPSA) is 44.1 Å². The van der Waals surface area contributed by atoms with Crippen molar-refractivity contribution in [3.05, 3.63) is 29.3 Å². The van der Waals surface area contributed by atoms with Crippen molar-refractivity contribution in [1.29, 1.82) is 5.26 Å². The molecule has 3 nitrogen and oxygen atoms in total. The number of rotatable bonds is 3. The average Bonchev–Trinajstić information content (AvgIpc) is 2.46. The van der Waals surface area contributed by atoms with Gasteiger partial charge in [0.05, 0.1) is 11.3 Å². The van der Waals surface area contributed by atoms with Gasteiger partial charge in [0.1, 0.15) is 6.07 Å². The summed E-state index contributed by atoms with van der Waals surface area (Å²) in [5, 5.41) is 9.24. The van der Waals surface area contributed by atoms with Gasteiger partial charge in [-0.25, -0.2) is 0 Å². The molecule has 3 heteroatoms. The molecular weight excluding hydrogens is 236 g/mol. The zero-order valence-corrected chi connectivity index (χ0v) is 11.6. The van der Waals surface area contributed by atoms with E-state index < -0.39 is 0 Å². The van der Waals surface area contributed by atoms with Crippen molar-refractivity contribution < 1.29 is 4.79 Å². The minimum Gasteiger partial charge on any atom is -0.370 e. The molecule has 1 atom stereocenters. The molecule has 0 bridgehead atoms. The van der Waals surface area contributed by atoms with E-state index in [0.29, 0.717) is 17.0 Å². The number of hydrogen-bond donors (Lipinski definition) is 0. The number of carbonyl (C=O) groups is 1. The number of nitrogens with zero attached hydrogens (tertiary/aromatic N) is 2. The van der Waals surface area contributed by atoms with E-state index in [1.807, 2.05) is 6.07 Å². The highest BCUT2D eigenvalue weighted by Gasteiger charge is 2.21. The van der Waals surface area contributed by atoms with Gasteiger partial charge in [0.2, 0.25) is 0 Å². The molecule has 1 fully saturated rings. The lowest BCUT2D eigenvalue weighted by Gasteiger charge is -2.34. The second-order valence-corrected chi connectivity index (χ2v) is 5.26. The Hall–Kier alpha value is -1.82. The summed E-state index contributed by atoms with van der Waals surface area (Å²) in [5.41, 5.74) is 2.28. The van der Waals surface area contributed by atoms with E-state index in [0.717, 1.165) is 25.2 Å². The molecule has 0 aliphatic carbocycles. The number of Topliss-reactive ketones (excluding diaryl/α,β-unsaturated/α-hetero) is 1. The molecule has 1 saturated heterocycles. The van der Waals surface area contributed by atoms with Crippen LogP contribution in [0.5, 0.6) is 0 Å². The van der Waals surface area contributed by atoms with E-state index in [9.17, 15) is 10.1 Å². The monoisotopic (exact) mass is 256 g/mol. The van der Waals surface area contributed by atoms with E-state index in [2.05, 4.69) is 17.9 Å². The zero-order chi connectivity index (χ0) is 13.8. The average molecular weight is 256 g/mol. The molecule has 0 aromatic heterocycles. The normalized spacial score (nSPS) is 19.0. The van der Waals surface area contributed by atoms with Crippen LogP contribution in [0.3, 0.4) is 0 Å². The third-order valence-electron chi connectivity index (χ3n) is 3.96. The van der Waals surface area contributed by atoms with Gasteiger partial charge < -0.3 is 4.90 Å². The first-order valence-corrected chi connectivity index (χ1v) is 6.95. The fourth-order valence-electron chi connectivity index (χ4n) is 2.72. The first-order valence-electron chi connectivity index (χ1n) is 6.95.